The van der Waals surface area contributed by atoms with E-state index in [9.17, 15) is 27.3 Å². The van der Waals surface area contributed by atoms with Crippen LogP contribution in [0.1, 0.15) is 27.2 Å². The number of rotatable bonds is 4. The third kappa shape index (κ3) is 4.69. The Kier molecular flexibility index (Phi) is 6.43. The monoisotopic (exact) mass is 459 g/mol. The van der Waals surface area contributed by atoms with E-state index < -0.39 is 34.4 Å². The molecule has 0 aliphatic rings. The number of nitrogens with one attached hydrogen (secondary N) is 1. The van der Waals surface area contributed by atoms with Crippen LogP contribution in [0.15, 0.2) is 69.2 Å². The number of nitrogens with zero attached hydrogens (tertiary/aromatic N) is 2. The van der Waals surface area contributed by atoms with Crippen LogP contribution < -0.4 is 10.5 Å². The maximum absolute atomic E-state index is 13.0. The molecule has 1 atom stereocenters. The Morgan fingerprint density at radius 2 is 1.81 bits per heavy atom. The van der Waals surface area contributed by atoms with Crippen LogP contribution in [0, 0.1) is 18.3 Å². The fraction of sp³-hybridized carbons (Fsp3) is 0.136. The van der Waals surface area contributed by atoms with Crippen LogP contribution >= 0.6 is 0 Å². The average molecular weight is 459 g/mol. The highest BCUT2D eigenvalue weighted by atomic mass is 32.2. The van der Waals surface area contributed by atoms with Crippen LogP contribution in [0.2, 0.25) is 0 Å². The number of aromatic amines is 1. The van der Waals surface area contributed by atoms with Crippen molar-refractivity contribution in [2.45, 2.75) is 22.9 Å². The number of halogens is 3. The Balaban J connectivity index is 1.98. The van der Waals surface area contributed by atoms with E-state index in [1.165, 1.54) is 50.4 Å². The number of alkyl halides is 3. The number of pyridine rings is 1. The molecule has 1 amide bonds. The standard InChI is InChI=1S/C22H16F3N3O3S/c1-13-19(32(31)17-8-6-14(12-26)7-9-17)11-18(20(29)27-13)21(30)28(2)16-5-3-4-15(10-16)22(23,24)25/h3-11H,1-2H3,(H,27,29). The van der Waals surface area contributed by atoms with Crippen molar-refractivity contribution >= 4 is 22.8 Å². The number of aromatic nitrogens is 1. The number of anilines is 1. The summed E-state index contributed by atoms with van der Waals surface area (Å²) in [6.07, 6.45) is -4.59. The zero-order valence-corrected chi connectivity index (χ0v) is 17.7. The van der Waals surface area contributed by atoms with Gasteiger partial charge in [0, 0.05) is 30.0 Å². The molecule has 0 bridgehead atoms. The van der Waals surface area contributed by atoms with Crippen LogP contribution in [-0.4, -0.2) is 22.5 Å². The van der Waals surface area contributed by atoms with E-state index in [0.29, 0.717) is 10.5 Å². The van der Waals surface area contributed by atoms with Crippen molar-refractivity contribution in [2.75, 3.05) is 11.9 Å². The van der Waals surface area contributed by atoms with Gasteiger partial charge in [-0.25, -0.2) is 0 Å². The molecule has 0 saturated heterocycles. The fourth-order valence-corrected chi connectivity index (χ4v) is 4.12. The minimum absolute atomic E-state index is 0.0560. The highest BCUT2D eigenvalue weighted by Crippen LogP contribution is 2.32. The molecule has 3 rings (SSSR count). The van der Waals surface area contributed by atoms with Crippen LogP contribution in [0.25, 0.3) is 0 Å². The molecule has 32 heavy (non-hydrogen) atoms. The van der Waals surface area contributed by atoms with Crippen molar-refractivity contribution in [3.05, 3.63) is 87.3 Å². The van der Waals surface area contributed by atoms with Crippen LogP contribution in [0.3, 0.4) is 0 Å². The third-order valence-electron chi connectivity index (χ3n) is 4.68. The molecule has 1 aromatic heterocycles. The number of carbonyl (C=O) groups is 1. The Hall–Kier alpha value is -3.55. The Labute approximate surface area is 184 Å². The number of carbonyl (C=O) groups excluding carboxylic acids is 1. The summed E-state index contributed by atoms with van der Waals surface area (Å²) < 4.78 is 52.0. The first-order valence-corrected chi connectivity index (χ1v) is 10.3. The van der Waals surface area contributed by atoms with E-state index in [1.54, 1.807) is 0 Å². The second kappa shape index (κ2) is 8.90. The van der Waals surface area contributed by atoms with Crippen molar-refractivity contribution in [2.24, 2.45) is 0 Å². The highest BCUT2D eigenvalue weighted by molar-refractivity contribution is 7.91. The molecule has 6 nitrogen and oxygen atoms in total. The number of amides is 1. The number of H-pyrrole nitrogens is 1. The summed E-state index contributed by atoms with van der Waals surface area (Å²) >= 11 is -1.78. The van der Waals surface area contributed by atoms with Gasteiger partial charge in [-0.3, -0.25) is 9.59 Å². The van der Waals surface area contributed by atoms with Crippen molar-refractivity contribution in [3.8, 4) is 6.07 Å². The average Bonchev–Trinajstić information content (AvgIpc) is 2.77. The minimum atomic E-state index is -4.59. The van der Waals surface area contributed by atoms with Gasteiger partial charge in [-0.05, 0) is 49.4 Å². The predicted molar refractivity (Wildman–Crippen MR) is 112 cm³/mol. The molecule has 2 aromatic carbocycles. The summed E-state index contributed by atoms with van der Waals surface area (Å²) in [4.78, 5) is 29.3. The summed E-state index contributed by atoms with van der Waals surface area (Å²) in [5.41, 5.74) is -1.47. The zero-order chi connectivity index (χ0) is 23.6. The van der Waals surface area contributed by atoms with Crippen LogP contribution in [-0.2, 0) is 17.4 Å². The summed E-state index contributed by atoms with van der Waals surface area (Å²) in [6, 6.07) is 13.2. The van der Waals surface area contributed by atoms with Gasteiger partial charge in [0.15, 0.2) is 9.79 Å². The van der Waals surface area contributed by atoms with Crippen molar-refractivity contribution in [1.29, 1.82) is 5.26 Å². The minimum Gasteiger partial charge on any atom is -0.606 e. The molecular formula is C22H16F3N3O3S. The molecule has 0 saturated carbocycles. The van der Waals surface area contributed by atoms with E-state index >= 15 is 0 Å². The van der Waals surface area contributed by atoms with E-state index in [4.69, 9.17) is 5.26 Å². The maximum atomic E-state index is 13.0. The van der Waals surface area contributed by atoms with Gasteiger partial charge in [-0.15, -0.1) is 0 Å². The van der Waals surface area contributed by atoms with E-state index in [-0.39, 0.29) is 21.8 Å². The van der Waals surface area contributed by atoms with Gasteiger partial charge in [-0.2, -0.15) is 18.4 Å². The van der Waals surface area contributed by atoms with E-state index in [1.807, 2.05) is 6.07 Å². The van der Waals surface area contributed by atoms with Gasteiger partial charge in [0.1, 0.15) is 5.56 Å². The van der Waals surface area contributed by atoms with Gasteiger partial charge in [0.25, 0.3) is 11.5 Å². The third-order valence-corrected chi connectivity index (χ3v) is 6.21. The first-order valence-electron chi connectivity index (χ1n) is 9.14. The molecule has 1 heterocycles. The van der Waals surface area contributed by atoms with Gasteiger partial charge in [0.05, 0.1) is 22.9 Å². The number of nitriles is 1. The molecule has 0 aliphatic carbocycles. The normalized spacial score (nSPS) is 12.2. The van der Waals surface area contributed by atoms with Gasteiger partial charge < -0.3 is 14.4 Å². The van der Waals surface area contributed by atoms with Gasteiger partial charge >= 0.3 is 6.18 Å². The molecule has 10 heteroatoms. The number of benzene rings is 2. The van der Waals surface area contributed by atoms with Crippen LogP contribution in [0.4, 0.5) is 18.9 Å². The number of hydrogen-bond acceptors (Lipinski definition) is 4. The molecule has 1 N–H and O–H groups in total. The largest absolute Gasteiger partial charge is 0.606 e. The molecule has 0 radical (unpaired) electrons. The lowest BCUT2D eigenvalue weighted by Crippen LogP contribution is -2.32. The maximum Gasteiger partial charge on any atom is 0.416 e. The quantitative estimate of drug-likeness (QED) is 0.596. The van der Waals surface area contributed by atoms with Crippen molar-refractivity contribution in [1.82, 2.24) is 4.98 Å². The second-order valence-electron chi connectivity index (χ2n) is 6.82. The second-order valence-corrected chi connectivity index (χ2v) is 8.27. The summed E-state index contributed by atoms with van der Waals surface area (Å²) in [7, 11) is 1.24. The fourth-order valence-electron chi connectivity index (χ4n) is 2.92. The lowest BCUT2D eigenvalue weighted by atomic mass is 10.1. The molecule has 0 fully saturated rings. The SMILES string of the molecule is Cc1[nH]c(=O)c(C(=O)N(C)c2cccc(C(F)(F)F)c2)cc1[S+]([O-])c1ccc(C#N)cc1. The molecule has 3 aromatic rings. The van der Waals surface area contributed by atoms with Gasteiger partial charge in [0.2, 0.25) is 0 Å². The first-order chi connectivity index (χ1) is 15.0. The number of aryl methyl sites for hydroxylation is 1. The Bertz CT molecular complexity index is 1260. The van der Waals surface area contributed by atoms with Crippen molar-refractivity contribution in [3.63, 3.8) is 0 Å². The first kappa shape index (κ1) is 23.1. The van der Waals surface area contributed by atoms with Crippen LogP contribution in [0.5, 0.6) is 0 Å². The Morgan fingerprint density at radius 1 is 1.16 bits per heavy atom. The molecule has 0 aliphatic heterocycles. The predicted octanol–water partition coefficient (Wildman–Crippen LogP) is 4.02. The highest BCUT2D eigenvalue weighted by Gasteiger charge is 2.31. The lowest BCUT2D eigenvalue weighted by Gasteiger charge is -2.19. The summed E-state index contributed by atoms with van der Waals surface area (Å²) in [5.74, 6) is -0.858. The molecule has 1 unspecified atom stereocenters. The van der Waals surface area contributed by atoms with Gasteiger partial charge in [-0.1, -0.05) is 6.07 Å². The zero-order valence-electron chi connectivity index (χ0n) is 16.9. The summed E-state index contributed by atoms with van der Waals surface area (Å²) in [5, 5.41) is 8.89. The number of hydrogen-bond donors (Lipinski definition) is 1. The Morgan fingerprint density at radius 3 is 2.41 bits per heavy atom. The molecule has 0 spiro atoms. The lowest BCUT2D eigenvalue weighted by molar-refractivity contribution is -0.137. The molecule has 164 valence electrons. The van der Waals surface area contributed by atoms with E-state index in [0.717, 1.165) is 23.1 Å². The smallest absolute Gasteiger partial charge is 0.416 e. The summed E-state index contributed by atoms with van der Waals surface area (Å²) in [6.45, 7) is 1.52. The topological polar surface area (TPSA) is 100 Å². The van der Waals surface area contributed by atoms with Crippen molar-refractivity contribution < 1.29 is 22.5 Å². The van der Waals surface area contributed by atoms with E-state index in [2.05, 4.69) is 4.98 Å². The molecular weight excluding hydrogens is 443 g/mol.